The first-order chi connectivity index (χ1) is 9.06. The molecule has 0 atom stereocenters. The Hall–Kier alpha value is -1.75. The van der Waals surface area contributed by atoms with Gasteiger partial charge in [0.05, 0.1) is 12.8 Å². The molecule has 0 radical (unpaired) electrons. The maximum atomic E-state index is 14.2. The average molecular weight is 282 g/mol. The van der Waals surface area contributed by atoms with E-state index in [2.05, 4.69) is 15.0 Å². The van der Waals surface area contributed by atoms with E-state index in [0.717, 1.165) is 0 Å². The highest BCUT2D eigenvalue weighted by Crippen LogP contribution is 2.34. The summed E-state index contributed by atoms with van der Waals surface area (Å²) in [6.07, 6.45) is 2.78. The molecule has 4 nitrogen and oxygen atoms in total. The van der Waals surface area contributed by atoms with E-state index in [1.165, 1.54) is 19.6 Å². The maximum absolute atomic E-state index is 14.2. The molecule has 0 saturated heterocycles. The fraction of sp³-hybridized carbons (Fsp3) is 0.308. The van der Waals surface area contributed by atoms with Crippen molar-refractivity contribution in [3.8, 4) is 17.1 Å². The minimum absolute atomic E-state index is 0.0676. The Morgan fingerprint density at radius 2 is 2.00 bits per heavy atom. The van der Waals surface area contributed by atoms with Gasteiger partial charge in [0.1, 0.15) is 11.5 Å². The fourth-order valence-electron chi connectivity index (χ4n) is 1.85. The molecule has 0 aliphatic rings. The van der Waals surface area contributed by atoms with Crippen molar-refractivity contribution in [2.75, 3.05) is 7.11 Å². The van der Waals surface area contributed by atoms with Gasteiger partial charge >= 0.3 is 0 Å². The second kappa shape index (κ2) is 5.48. The van der Waals surface area contributed by atoms with Crippen LogP contribution in [0.5, 0.6) is 5.88 Å². The molecule has 0 bridgehead atoms. The van der Waals surface area contributed by atoms with Gasteiger partial charge < -0.3 is 4.74 Å². The zero-order valence-corrected chi connectivity index (χ0v) is 11.6. The molecule has 2 aromatic rings. The van der Waals surface area contributed by atoms with Gasteiger partial charge in [-0.05, 0) is 12.0 Å². The summed E-state index contributed by atoms with van der Waals surface area (Å²) in [4.78, 5) is 11.9. The van der Waals surface area contributed by atoms with Crippen molar-refractivity contribution in [1.82, 2.24) is 15.0 Å². The van der Waals surface area contributed by atoms with Gasteiger partial charge in [-0.2, -0.15) is 0 Å². The number of halogens is 2. The number of methoxy groups -OCH3 is 1. The lowest BCUT2D eigenvalue weighted by Gasteiger charge is -2.13. The lowest BCUT2D eigenvalue weighted by Crippen LogP contribution is -2.02. The van der Waals surface area contributed by atoms with E-state index in [1.54, 1.807) is 6.07 Å². The predicted molar refractivity (Wildman–Crippen MR) is 70.9 cm³/mol. The molecule has 2 heterocycles. The molecule has 0 N–H and O–H groups in total. The molecule has 100 valence electrons. The van der Waals surface area contributed by atoms with Gasteiger partial charge in [-0.25, -0.2) is 19.3 Å². The molecule has 0 fully saturated rings. The van der Waals surface area contributed by atoms with Gasteiger partial charge in [0.15, 0.2) is 5.82 Å². The highest BCUT2D eigenvalue weighted by molar-refractivity contribution is 6.30. The summed E-state index contributed by atoms with van der Waals surface area (Å²) in [5.74, 6) is -0.550. The van der Waals surface area contributed by atoms with Crippen molar-refractivity contribution < 1.29 is 9.13 Å². The third-order valence-electron chi connectivity index (χ3n) is 2.72. The van der Waals surface area contributed by atoms with Gasteiger partial charge in [-0.3, -0.25) is 0 Å². The number of hydrogen-bond acceptors (Lipinski definition) is 4. The van der Waals surface area contributed by atoms with Crippen LogP contribution < -0.4 is 4.74 Å². The second-order valence-electron chi connectivity index (χ2n) is 4.26. The molecule has 0 unspecified atom stereocenters. The molecular weight excluding hydrogens is 269 g/mol. The lowest BCUT2D eigenvalue weighted by atomic mass is 9.99. The Labute approximate surface area is 115 Å². The lowest BCUT2D eigenvalue weighted by molar-refractivity contribution is 0.370. The van der Waals surface area contributed by atoms with Crippen molar-refractivity contribution in [2.24, 2.45) is 0 Å². The van der Waals surface area contributed by atoms with Gasteiger partial charge in [0.2, 0.25) is 0 Å². The smallest absolute Gasteiger partial charge is 0.250 e. The second-order valence-corrected chi connectivity index (χ2v) is 4.62. The van der Waals surface area contributed by atoms with Crippen LogP contribution in [0.3, 0.4) is 0 Å². The summed E-state index contributed by atoms with van der Waals surface area (Å²) >= 11 is 6.08. The number of hydrogen-bond donors (Lipinski definition) is 0. The van der Waals surface area contributed by atoms with Crippen LogP contribution >= 0.6 is 11.6 Å². The third kappa shape index (κ3) is 2.51. The highest BCUT2D eigenvalue weighted by Gasteiger charge is 2.20. The van der Waals surface area contributed by atoms with Crippen LogP contribution in [0.25, 0.3) is 11.3 Å². The summed E-state index contributed by atoms with van der Waals surface area (Å²) in [7, 11) is 1.37. The summed E-state index contributed by atoms with van der Waals surface area (Å²) in [5, 5.41) is 0.329. The number of nitrogens with zero attached hydrogens (tertiary/aromatic N) is 3. The largest absolute Gasteiger partial charge is 0.479 e. The molecule has 2 aromatic heterocycles. The normalized spacial score (nSPS) is 10.8. The minimum atomic E-state index is -0.554. The first-order valence-corrected chi connectivity index (χ1v) is 6.13. The Kier molecular flexibility index (Phi) is 3.95. The molecule has 6 heteroatoms. The third-order valence-corrected chi connectivity index (χ3v) is 3.02. The van der Waals surface area contributed by atoms with Crippen LogP contribution in [0.2, 0.25) is 5.15 Å². The van der Waals surface area contributed by atoms with Crippen LogP contribution in [0, 0.1) is 5.82 Å². The molecule has 0 spiro atoms. The molecule has 0 saturated carbocycles. The minimum Gasteiger partial charge on any atom is -0.479 e. The first-order valence-electron chi connectivity index (χ1n) is 5.75. The molecule has 0 aromatic carbocycles. The Bertz CT molecular complexity index is 604. The molecule has 0 aliphatic heterocycles. The number of rotatable bonds is 3. The Morgan fingerprint density at radius 3 is 2.63 bits per heavy atom. The maximum Gasteiger partial charge on any atom is 0.250 e. The standard InChI is InChI=1S/C13H13ClFN3O/c1-7(2)9-11(17-6-18-12(9)14)8-4-5-16-13(19-3)10(8)15/h4-7H,1-3H3. The highest BCUT2D eigenvalue weighted by atomic mass is 35.5. The SMILES string of the molecule is COc1nccc(-c2ncnc(Cl)c2C(C)C)c1F. The van der Waals surface area contributed by atoms with Crippen molar-refractivity contribution in [2.45, 2.75) is 19.8 Å². The zero-order valence-electron chi connectivity index (χ0n) is 10.8. The van der Waals surface area contributed by atoms with Crippen LogP contribution in [0.15, 0.2) is 18.6 Å². The van der Waals surface area contributed by atoms with Gasteiger partial charge in [-0.1, -0.05) is 25.4 Å². The Morgan fingerprint density at radius 1 is 1.26 bits per heavy atom. The summed E-state index contributed by atoms with van der Waals surface area (Å²) in [6, 6.07) is 1.54. The van der Waals surface area contributed by atoms with E-state index in [-0.39, 0.29) is 11.8 Å². The zero-order chi connectivity index (χ0) is 14.0. The van der Waals surface area contributed by atoms with Crippen LogP contribution in [-0.2, 0) is 0 Å². The number of ether oxygens (including phenoxy) is 1. The van der Waals surface area contributed by atoms with Crippen molar-refractivity contribution in [1.29, 1.82) is 0 Å². The molecule has 2 rings (SSSR count). The van der Waals surface area contributed by atoms with E-state index < -0.39 is 5.82 Å². The van der Waals surface area contributed by atoms with Crippen LogP contribution in [0.4, 0.5) is 4.39 Å². The van der Waals surface area contributed by atoms with Crippen molar-refractivity contribution in [3.63, 3.8) is 0 Å². The summed E-state index contributed by atoms with van der Waals surface area (Å²) < 4.78 is 19.1. The topological polar surface area (TPSA) is 47.9 Å². The molecule has 19 heavy (non-hydrogen) atoms. The number of pyridine rings is 1. The van der Waals surface area contributed by atoms with Crippen LogP contribution in [0.1, 0.15) is 25.3 Å². The molecular formula is C13H13ClFN3O. The van der Waals surface area contributed by atoms with E-state index >= 15 is 0 Å². The Balaban J connectivity index is 2.69. The quantitative estimate of drug-likeness (QED) is 0.808. The van der Waals surface area contributed by atoms with E-state index in [9.17, 15) is 4.39 Å². The van der Waals surface area contributed by atoms with Gasteiger partial charge in [0.25, 0.3) is 5.88 Å². The fourth-order valence-corrected chi connectivity index (χ4v) is 2.20. The van der Waals surface area contributed by atoms with Crippen LogP contribution in [-0.4, -0.2) is 22.1 Å². The predicted octanol–water partition coefficient (Wildman–Crippen LogP) is 3.46. The first kappa shape index (κ1) is 13.7. The summed E-state index contributed by atoms with van der Waals surface area (Å²) in [6.45, 7) is 3.90. The molecule has 0 aliphatic carbocycles. The van der Waals surface area contributed by atoms with Gasteiger partial charge in [-0.15, -0.1) is 0 Å². The van der Waals surface area contributed by atoms with Crippen molar-refractivity contribution in [3.05, 3.63) is 35.1 Å². The van der Waals surface area contributed by atoms with E-state index in [4.69, 9.17) is 16.3 Å². The number of aromatic nitrogens is 3. The summed E-state index contributed by atoms with van der Waals surface area (Å²) in [5.41, 5.74) is 1.48. The molecule has 0 amide bonds. The van der Waals surface area contributed by atoms with Crippen molar-refractivity contribution >= 4 is 11.6 Å². The van der Waals surface area contributed by atoms with E-state index in [0.29, 0.717) is 22.0 Å². The monoisotopic (exact) mass is 281 g/mol. The average Bonchev–Trinajstić information content (AvgIpc) is 2.38. The van der Waals surface area contributed by atoms with Gasteiger partial charge in [0, 0.05) is 17.3 Å². The van der Waals surface area contributed by atoms with E-state index in [1.807, 2.05) is 13.8 Å².